The monoisotopic (exact) mass is 270 g/mol. The van der Waals surface area contributed by atoms with Gasteiger partial charge in [0.1, 0.15) is 0 Å². The number of carbonyl (C=O) groups is 1. The largest absolute Gasteiger partial charge is 0.399 e. The molecule has 2 aromatic rings. The van der Waals surface area contributed by atoms with Gasteiger partial charge < -0.3 is 11.1 Å². The third kappa shape index (κ3) is 2.58. The summed E-state index contributed by atoms with van der Waals surface area (Å²) in [5.74, 6) is 0.0472. The number of hydrogen-bond donors (Lipinski definition) is 2. The fraction of sp³-hybridized carbons (Fsp3) is 0.133. The lowest BCUT2D eigenvalue weighted by molar-refractivity contribution is -0.115. The smallest absolute Gasteiger partial charge is 0.238 e. The molecular formula is C15H14N2OS. The zero-order valence-corrected chi connectivity index (χ0v) is 11.1. The lowest BCUT2D eigenvalue weighted by Crippen LogP contribution is -2.24. The van der Waals surface area contributed by atoms with Crippen LogP contribution >= 0.6 is 11.8 Å². The Morgan fingerprint density at radius 1 is 1.16 bits per heavy atom. The molecule has 0 aromatic heterocycles. The molecule has 0 fully saturated rings. The Balaban J connectivity index is 1.68. The second kappa shape index (κ2) is 4.97. The summed E-state index contributed by atoms with van der Waals surface area (Å²) in [5.41, 5.74) is 8.36. The van der Waals surface area contributed by atoms with Gasteiger partial charge in [0.2, 0.25) is 5.91 Å². The Kier molecular flexibility index (Phi) is 3.17. The Morgan fingerprint density at radius 3 is 2.63 bits per heavy atom. The highest BCUT2D eigenvalue weighted by molar-refractivity contribution is 8.01. The molecule has 0 spiro atoms. The Bertz CT molecular complexity index is 585. The van der Waals surface area contributed by atoms with E-state index in [1.54, 1.807) is 23.9 Å². The van der Waals surface area contributed by atoms with Crippen LogP contribution < -0.4 is 11.1 Å². The van der Waals surface area contributed by atoms with Gasteiger partial charge in [-0.15, -0.1) is 11.8 Å². The van der Waals surface area contributed by atoms with Crippen LogP contribution in [0.3, 0.4) is 0 Å². The molecular weight excluding hydrogens is 256 g/mol. The number of anilines is 2. The Labute approximate surface area is 116 Å². The number of nitrogens with one attached hydrogen (secondary N) is 1. The molecule has 3 N–H and O–H groups in total. The first-order valence-corrected chi connectivity index (χ1v) is 7.01. The fourth-order valence-corrected chi connectivity index (χ4v) is 3.31. The maximum atomic E-state index is 12.2. The van der Waals surface area contributed by atoms with Crippen molar-refractivity contribution in [2.45, 2.75) is 16.6 Å². The van der Waals surface area contributed by atoms with Crippen LogP contribution in [0.25, 0.3) is 0 Å². The number of nitrogens with two attached hydrogens (primary N) is 1. The first kappa shape index (κ1) is 12.1. The summed E-state index contributed by atoms with van der Waals surface area (Å²) in [4.78, 5) is 13.4. The van der Waals surface area contributed by atoms with Crippen molar-refractivity contribution in [3.63, 3.8) is 0 Å². The highest BCUT2D eigenvalue weighted by atomic mass is 32.2. The fourth-order valence-electron chi connectivity index (χ4n) is 2.12. The van der Waals surface area contributed by atoms with E-state index in [-0.39, 0.29) is 11.2 Å². The minimum atomic E-state index is -0.0463. The molecule has 2 aromatic carbocycles. The molecule has 1 atom stereocenters. The topological polar surface area (TPSA) is 55.1 Å². The van der Waals surface area contributed by atoms with Crippen molar-refractivity contribution in [3.8, 4) is 0 Å². The minimum Gasteiger partial charge on any atom is -0.399 e. The van der Waals surface area contributed by atoms with Gasteiger partial charge in [0.25, 0.3) is 0 Å². The van der Waals surface area contributed by atoms with Crippen LogP contribution in [0.15, 0.2) is 53.4 Å². The van der Waals surface area contributed by atoms with E-state index < -0.39 is 0 Å². The van der Waals surface area contributed by atoms with Gasteiger partial charge in [0.05, 0.1) is 5.25 Å². The van der Waals surface area contributed by atoms with E-state index in [1.807, 2.05) is 24.3 Å². The zero-order chi connectivity index (χ0) is 13.2. The molecule has 1 amide bonds. The van der Waals surface area contributed by atoms with Crippen LogP contribution in [0.4, 0.5) is 11.4 Å². The average Bonchev–Trinajstić information content (AvgIpc) is 2.85. The molecule has 0 saturated carbocycles. The van der Waals surface area contributed by atoms with Gasteiger partial charge >= 0.3 is 0 Å². The SMILES string of the molecule is Nc1ccc(NC(=O)C2Cc3ccccc3S2)cc1. The molecule has 0 bridgehead atoms. The number of nitrogen functional groups attached to an aromatic ring is 1. The van der Waals surface area contributed by atoms with Crippen LogP contribution in [-0.2, 0) is 11.2 Å². The molecule has 4 heteroatoms. The number of thioether (sulfide) groups is 1. The van der Waals surface area contributed by atoms with Crippen LogP contribution in [0, 0.1) is 0 Å². The van der Waals surface area contributed by atoms with Crippen molar-refractivity contribution in [1.82, 2.24) is 0 Å². The van der Waals surface area contributed by atoms with E-state index >= 15 is 0 Å². The minimum absolute atomic E-state index is 0.0463. The Hall–Kier alpha value is -1.94. The van der Waals surface area contributed by atoms with Gasteiger partial charge in [-0.05, 0) is 42.3 Å². The summed E-state index contributed by atoms with van der Waals surface area (Å²) in [5, 5.41) is 2.88. The van der Waals surface area contributed by atoms with E-state index in [9.17, 15) is 4.79 Å². The highest BCUT2D eigenvalue weighted by Crippen LogP contribution is 2.37. The number of amides is 1. The van der Waals surface area contributed by atoms with E-state index in [0.717, 1.165) is 12.1 Å². The average molecular weight is 270 g/mol. The van der Waals surface area contributed by atoms with Crippen LogP contribution in [0.2, 0.25) is 0 Å². The normalized spacial score (nSPS) is 16.9. The predicted molar refractivity (Wildman–Crippen MR) is 79.3 cm³/mol. The van der Waals surface area contributed by atoms with Crippen LogP contribution in [0.5, 0.6) is 0 Å². The molecule has 0 radical (unpaired) electrons. The number of rotatable bonds is 2. The van der Waals surface area contributed by atoms with E-state index in [2.05, 4.69) is 17.4 Å². The molecule has 3 rings (SSSR count). The third-order valence-corrected chi connectivity index (χ3v) is 4.44. The van der Waals surface area contributed by atoms with Gasteiger partial charge in [0.15, 0.2) is 0 Å². The van der Waals surface area contributed by atoms with Gasteiger partial charge in [-0.25, -0.2) is 0 Å². The van der Waals surface area contributed by atoms with Crippen molar-refractivity contribution >= 4 is 29.0 Å². The third-order valence-electron chi connectivity index (χ3n) is 3.12. The van der Waals surface area contributed by atoms with Crippen LogP contribution in [0.1, 0.15) is 5.56 Å². The van der Waals surface area contributed by atoms with Crippen LogP contribution in [-0.4, -0.2) is 11.2 Å². The molecule has 0 aliphatic carbocycles. The standard InChI is InChI=1S/C15H14N2OS/c16-11-5-7-12(8-6-11)17-15(18)14-9-10-3-1-2-4-13(10)19-14/h1-8,14H,9,16H2,(H,17,18). The molecule has 0 saturated heterocycles. The summed E-state index contributed by atoms with van der Waals surface area (Å²) in [6.45, 7) is 0. The summed E-state index contributed by atoms with van der Waals surface area (Å²) < 4.78 is 0. The van der Waals surface area contributed by atoms with E-state index in [0.29, 0.717) is 5.69 Å². The van der Waals surface area contributed by atoms with Crippen molar-refractivity contribution in [1.29, 1.82) is 0 Å². The first-order chi connectivity index (χ1) is 9.22. The van der Waals surface area contributed by atoms with Gasteiger partial charge in [0, 0.05) is 16.3 Å². The van der Waals surface area contributed by atoms with E-state index in [1.165, 1.54) is 10.5 Å². The van der Waals surface area contributed by atoms with E-state index in [4.69, 9.17) is 5.73 Å². The predicted octanol–water partition coefficient (Wildman–Crippen LogP) is 2.92. The number of carbonyl (C=O) groups excluding carboxylic acids is 1. The van der Waals surface area contributed by atoms with Gasteiger partial charge in [-0.1, -0.05) is 18.2 Å². The van der Waals surface area contributed by atoms with Crippen molar-refractivity contribution in [2.24, 2.45) is 0 Å². The van der Waals surface area contributed by atoms with Gasteiger partial charge in [-0.2, -0.15) is 0 Å². The van der Waals surface area contributed by atoms with Gasteiger partial charge in [-0.3, -0.25) is 4.79 Å². The maximum absolute atomic E-state index is 12.2. The molecule has 96 valence electrons. The number of benzene rings is 2. The van der Waals surface area contributed by atoms with Crippen molar-refractivity contribution < 1.29 is 4.79 Å². The van der Waals surface area contributed by atoms with Crippen molar-refractivity contribution in [2.75, 3.05) is 11.1 Å². The summed E-state index contributed by atoms with van der Waals surface area (Å²) >= 11 is 1.63. The number of hydrogen-bond acceptors (Lipinski definition) is 3. The lowest BCUT2D eigenvalue weighted by Gasteiger charge is -2.10. The highest BCUT2D eigenvalue weighted by Gasteiger charge is 2.27. The summed E-state index contributed by atoms with van der Waals surface area (Å²) in [6.07, 6.45) is 0.793. The molecule has 19 heavy (non-hydrogen) atoms. The molecule has 1 aliphatic rings. The number of fused-ring (bicyclic) bond motifs is 1. The maximum Gasteiger partial charge on any atom is 0.238 e. The lowest BCUT2D eigenvalue weighted by atomic mass is 10.1. The summed E-state index contributed by atoms with van der Waals surface area (Å²) in [7, 11) is 0. The second-order valence-corrected chi connectivity index (χ2v) is 5.77. The Morgan fingerprint density at radius 2 is 1.89 bits per heavy atom. The summed E-state index contributed by atoms with van der Waals surface area (Å²) in [6, 6.07) is 15.4. The van der Waals surface area contributed by atoms with Crippen molar-refractivity contribution in [3.05, 3.63) is 54.1 Å². The molecule has 1 unspecified atom stereocenters. The first-order valence-electron chi connectivity index (χ1n) is 6.13. The quantitative estimate of drug-likeness (QED) is 0.825. The molecule has 3 nitrogen and oxygen atoms in total. The molecule has 1 heterocycles. The zero-order valence-electron chi connectivity index (χ0n) is 10.3. The second-order valence-electron chi connectivity index (χ2n) is 4.53. The molecule has 1 aliphatic heterocycles.